The van der Waals surface area contributed by atoms with E-state index in [0.717, 1.165) is 5.92 Å². The lowest BCUT2D eigenvalue weighted by Crippen LogP contribution is -2.17. The summed E-state index contributed by atoms with van der Waals surface area (Å²) in [6, 6.07) is 0. The number of hydrogen-bond donors (Lipinski definition) is 0. The van der Waals surface area contributed by atoms with Crippen molar-refractivity contribution in [2.45, 2.75) is 32.6 Å². The second kappa shape index (κ2) is 1.86. The van der Waals surface area contributed by atoms with E-state index >= 15 is 0 Å². The Balaban J connectivity index is 2.05. The van der Waals surface area contributed by atoms with Crippen molar-refractivity contribution < 1.29 is 0 Å². The second-order valence-electron chi connectivity index (χ2n) is 4.79. The molecule has 3 aliphatic rings. The molecule has 0 amide bonds. The Morgan fingerprint density at radius 1 is 0.833 bits per heavy atom. The van der Waals surface area contributed by atoms with Gasteiger partial charge < -0.3 is 0 Å². The van der Waals surface area contributed by atoms with Crippen LogP contribution in [0, 0.1) is 16.7 Å². The monoisotopic (exact) mass is 160 g/mol. The maximum absolute atomic E-state index is 2.46. The minimum Gasteiger partial charge on any atom is -0.0879 e. The standard InChI is InChI=1S/C12H16/c1-10-11-6-2-3-7-12(10,11)9-5-4-8-11/h2-5,10H,6-9H2,1H3. The van der Waals surface area contributed by atoms with Crippen LogP contribution in [0.15, 0.2) is 24.3 Å². The van der Waals surface area contributed by atoms with Crippen LogP contribution >= 0.6 is 0 Å². The first-order valence-electron chi connectivity index (χ1n) is 5.12. The molecule has 0 aromatic heterocycles. The minimum absolute atomic E-state index is 0.705. The van der Waals surface area contributed by atoms with Gasteiger partial charge in [0.2, 0.25) is 0 Å². The molecule has 3 rings (SSSR count). The summed E-state index contributed by atoms with van der Waals surface area (Å²) in [6.07, 6.45) is 15.0. The van der Waals surface area contributed by atoms with Crippen LogP contribution in [0.3, 0.4) is 0 Å². The number of hydrogen-bond acceptors (Lipinski definition) is 0. The highest BCUT2D eigenvalue weighted by molar-refractivity contribution is 5.31. The molecular weight excluding hydrogens is 144 g/mol. The minimum atomic E-state index is 0.705. The van der Waals surface area contributed by atoms with Crippen LogP contribution in [-0.4, -0.2) is 0 Å². The highest BCUT2D eigenvalue weighted by atomic mass is 14.8. The van der Waals surface area contributed by atoms with Gasteiger partial charge in [0, 0.05) is 0 Å². The predicted octanol–water partition coefficient (Wildman–Crippen LogP) is 3.31. The first kappa shape index (κ1) is 6.94. The van der Waals surface area contributed by atoms with Gasteiger partial charge in [-0.05, 0) is 42.4 Å². The van der Waals surface area contributed by atoms with E-state index in [1.807, 2.05) is 0 Å². The first-order valence-corrected chi connectivity index (χ1v) is 5.12. The fraction of sp³-hybridized carbons (Fsp3) is 0.667. The van der Waals surface area contributed by atoms with E-state index in [1.54, 1.807) is 0 Å². The van der Waals surface area contributed by atoms with Gasteiger partial charge >= 0.3 is 0 Å². The summed E-state index contributed by atoms with van der Waals surface area (Å²) in [6.45, 7) is 2.46. The van der Waals surface area contributed by atoms with Crippen molar-refractivity contribution in [1.29, 1.82) is 0 Å². The first-order chi connectivity index (χ1) is 5.82. The fourth-order valence-corrected chi connectivity index (χ4v) is 3.85. The maximum Gasteiger partial charge on any atom is -0.0132 e. The average molecular weight is 160 g/mol. The Bertz CT molecular complexity index is 226. The molecule has 0 N–H and O–H groups in total. The van der Waals surface area contributed by atoms with E-state index in [1.165, 1.54) is 25.7 Å². The van der Waals surface area contributed by atoms with Crippen LogP contribution < -0.4 is 0 Å². The van der Waals surface area contributed by atoms with Crippen LogP contribution in [0.5, 0.6) is 0 Å². The lowest BCUT2D eigenvalue weighted by molar-refractivity contribution is 0.315. The van der Waals surface area contributed by atoms with Gasteiger partial charge in [-0.1, -0.05) is 31.2 Å². The van der Waals surface area contributed by atoms with Gasteiger partial charge in [-0.25, -0.2) is 0 Å². The Kier molecular flexibility index (Phi) is 1.08. The molecule has 0 radical (unpaired) electrons. The molecule has 1 saturated carbocycles. The third-order valence-corrected chi connectivity index (χ3v) is 4.83. The predicted molar refractivity (Wildman–Crippen MR) is 50.8 cm³/mol. The van der Waals surface area contributed by atoms with Gasteiger partial charge in [-0.3, -0.25) is 0 Å². The lowest BCUT2D eigenvalue weighted by atomic mass is 9.76. The van der Waals surface area contributed by atoms with E-state index in [-0.39, 0.29) is 0 Å². The molecule has 0 saturated heterocycles. The molecule has 1 fully saturated rings. The molecule has 0 nitrogen and oxygen atoms in total. The van der Waals surface area contributed by atoms with Crippen LogP contribution in [0.1, 0.15) is 32.6 Å². The largest absolute Gasteiger partial charge is 0.0879 e. The number of allylic oxidation sites excluding steroid dienone is 4. The summed E-state index contributed by atoms with van der Waals surface area (Å²) in [5, 5.41) is 0. The van der Waals surface area contributed by atoms with Crippen molar-refractivity contribution in [3.63, 3.8) is 0 Å². The molecule has 0 aromatic rings. The van der Waals surface area contributed by atoms with Crippen LogP contribution in [0.25, 0.3) is 0 Å². The molecule has 0 spiro atoms. The molecular formula is C12H16. The van der Waals surface area contributed by atoms with Crippen LogP contribution in [-0.2, 0) is 0 Å². The zero-order valence-corrected chi connectivity index (χ0v) is 7.72. The third-order valence-electron chi connectivity index (χ3n) is 4.83. The highest BCUT2D eigenvalue weighted by Gasteiger charge is 2.72. The van der Waals surface area contributed by atoms with Gasteiger partial charge in [-0.2, -0.15) is 0 Å². The SMILES string of the molecule is CC1C23CC=CCC12CC=CC3. The fourth-order valence-electron chi connectivity index (χ4n) is 3.85. The van der Waals surface area contributed by atoms with Gasteiger partial charge in [-0.15, -0.1) is 0 Å². The lowest BCUT2D eigenvalue weighted by Gasteiger charge is -2.28. The summed E-state index contributed by atoms with van der Waals surface area (Å²) >= 11 is 0. The molecule has 0 bridgehead atoms. The van der Waals surface area contributed by atoms with Crippen molar-refractivity contribution >= 4 is 0 Å². The van der Waals surface area contributed by atoms with E-state index in [4.69, 9.17) is 0 Å². The summed E-state index contributed by atoms with van der Waals surface area (Å²) in [7, 11) is 0. The van der Waals surface area contributed by atoms with Crippen molar-refractivity contribution in [2.24, 2.45) is 16.7 Å². The average Bonchev–Trinajstić information content (AvgIpc) is 2.69. The van der Waals surface area contributed by atoms with Crippen molar-refractivity contribution in [1.82, 2.24) is 0 Å². The van der Waals surface area contributed by atoms with E-state index < -0.39 is 0 Å². The van der Waals surface area contributed by atoms with E-state index in [9.17, 15) is 0 Å². The summed E-state index contributed by atoms with van der Waals surface area (Å²) in [4.78, 5) is 0. The normalized spacial score (nSPS) is 54.6. The summed E-state index contributed by atoms with van der Waals surface area (Å²) in [5.41, 5.74) is 1.41. The molecule has 0 heterocycles. The van der Waals surface area contributed by atoms with E-state index in [0.29, 0.717) is 10.8 Å². The molecule has 0 atom stereocenters. The Morgan fingerprint density at radius 3 is 1.50 bits per heavy atom. The van der Waals surface area contributed by atoms with Crippen LogP contribution in [0.4, 0.5) is 0 Å². The Labute approximate surface area is 74.4 Å². The van der Waals surface area contributed by atoms with Gasteiger partial charge in [0.15, 0.2) is 0 Å². The smallest absolute Gasteiger partial charge is 0.0132 e. The molecule has 0 aliphatic heterocycles. The summed E-state index contributed by atoms with van der Waals surface area (Å²) in [5.74, 6) is 0.968. The molecule has 0 aromatic carbocycles. The molecule has 12 heavy (non-hydrogen) atoms. The quantitative estimate of drug-likeness (QED) is 0.477. The Morgan fingerprint density at radius 2 is 1.17 bits per heavy atom. The van der Waals surface area contributed by atoms with Crippen molar-refractivity contribution in [3.8, 4) is 0 Å². The maximum atomic E-state index is 2.46. The van der Waals surface area contributed by atoms with Gasteiger partial charge in [0.25, 0.3) is 0 Å². The van der Waals surface area contributed by atoms with Crippen molar-refractivity contribution in [2.75, 3.05) is 0 Å². The zero-order valence-electron chi connectivity index (χ0n) is 7.72. The second-order valence-corrected chi connectivity index (χ2v) is 4.79. The molecule has 3 aliphatic carbocycles. The van der Waals surface area contributed by atoms with Crippen molar-refractivity contribution in [3.05, 3.63) is 24.3 Å². The topological polar surface area (TPSA) is 0 Å². The van der Waals surface area contributed by atoms with Crippen LogP contribution in [0.2, 0.25) is 0 Å². The number of rotatable bonds is 0. The van der Waals surface area contributed by atoms with E-state index in [2.05, 4.69) is 31.2 Å². The summed E-state index contributed by atoms with van der Waals surface area (Å²) < 4.78 is 0. The zero-order chi connectivity index (χ0) is 8.23. The molecule has 64 valence electrons. The molecule has 0 heteroatoms. The molecule has 0 unspecified atom stereocenters. The highest BCUT2D eigenvalue weighted by Crippen LogP contribution is 2.78. The van der Waals surface area contributed by atoms with Gasteiger partial charge in [0.1, 0.15) is 0 Å². The Hall–Kier alpha value is -0.520. The van der Waals surface area contributed by atoms with Gasteiger partial charge in [0.05, 0.1) is 0 Å². The third kappa shape index (κ3) is 0.512.